The second-order valence-corrected chi connectivity index (χ2v) is 7.35. The molecule has 0 aliphatic heterocycles. The molecule has 0 saturated carbocycles. The number of ether oxygens (including phenoxy) is 2. The Morgan fingerprint density at radius 3 is 2.38 bits per heavy atom. The highest BCUT2D eigenvalue weighted by Gasteiger charge is 2.19. The summed E-state index contributed by atoms with van der Waals surface area (Å²) in [5.41, 5.74) is 7.92. The summed E-state index contributed by atoms with van der Waals surface area (Å²) in [5.74, 6) is 0.705. The molecule has 0 aliphatic carbocycles. The first kappa shape index (κ1) is 22.3. The lowest BCUT2D eigenvalue weighted by Gasteiger charge is -2.18. The van der Waals surface area contributed by atoms with Gasteiger partial charge in [-0.15, -0.1) is 0 Å². The normalized spacial score (nSPS) is 11.7. The molecule has 0 bridgehead atoms. The fourth-order valence-electron chi connectivity index (χ4n) is 2.81. The van der Waals surface area contributed by atoms with Crippen LogP contribution in [0.15, 0.2) is 42.5 Å². The Labute approximate surface area is 172 Å². The monoisotopic (exact) mass is 398 g/mol. The molecule has 0 aromatic heterocycles. The second kappa shape index (κ2) is 10.5. The summed E-state index contributed by atoms with van der Waals surface area (Å²) < 4.78 is 11.4. The predicted octanol–water partition coefficient (Wildman–Crippen LogP) is 3.81. The highest BCUT2D eigenvalue weighted by Crippen LogP contribution is 2.27. The standard InChI is InChI=1S/C23H30N2O4/c1-6-20(29-18-9-7-8-16(4)12-18)23(27)25-24-22(26)14-28-21-13-17(5)10-11-19(21)15(2)3/h7-13,15,20H,6,14H2,1-5H3,(H,24,26)(H,25,27). The van der Waals surface area contributed by atoms with E-state index < -0.39 is 17.9 Å². The van der Waals surface area contributed by atoms with Crippen LogP contribution in [0.4, 0.5) is 0 Å². The lowest BCUT2D eigenvalue weighted by atomic mass is 10.0. The second-order valence-electron chi connectivity index (χ2n) is 7.35. The molecule has 6 nitrogen and oxygen atoms in total. The molecule has 1 unspecified atom stereocenters. The van der Waals surface area contributed by atoms with Crippen molar-refractivity contribution in [2.24, 2.45) is 0 Å². The van der Waals surface area contributed by atoms with Gasteiger partial charge in [0.2, 0.25) is 0 Å². The van der Waals surface area contributed by atoms with Crippen molar-refractivity contribution in [3.05, 3.63) is 59.2 Å². The van der Waals surface area contributed by atoms with E-state index in [4.69, 9.17) is 9.47 Å². The molecule has 1 atom stereocenters. The minimum absolute atomic E-state index is 0.195. The molecule has 2 N–H and O–H groups in total. The van der Waals surface area contributed by atoms with Gasteiger partial charge in [-0.3, -0.25) is 20.4 Å². The highest BCUT2D eigenvalue weighted by molar-refractivity contribution is 5.85. The zero-order valence-corrected chi connectivity index (χ0v) is 17.7. The van der Waals surface area contributed by atoms with Gasteiger partial charge in [-0.05, 0) is 61.1 Å². The van der Waals surface area contributed by atoms with E-state index in [2.05, 4.69) is 24.7 Å². The Morgan fingerprint density at radius 2 is 1.72 bits per heavy atom. The van der Waals surface area contributed by atoms with Crippen molar-refractivity contribution in [1.29, 1.82) is 0 Å². The molecule has 29 heavy (non-hydrogen) atoms. The number of hydrazine groups is 1. The van der Waals surface area contributed by atoms with Gasteiger partial charge in [0.25, 0.3) is 11.8 Å². The van der Waals surface area contributed by atoms with E-state index in [0.29, 0.717) is 17.9 Å². The molecule has 0 fully saturated rings. The maximum absolute atomic E-state index is 12.3. The zero-order valence-electron chi connectivity index (χ0n) is 17.7. The Morgan fingerprint density at radius 1 is 1.00 bits per heavy atom. The number of benzene rings is 2. The average molecular weight is 399 g/mol. The summed E-state index contributed by atoms with van der Waals surface area (Å²) in [5, 5.41) is 0. The summed E-state index contributed by atoms with van der Waals surface area (Å²) in [6, 6.07) is 13.4. The highest BCUT2D eigenvalue weighted by atomic mass is 16.5. The van der Waals surface area contributed by atoms with Crippen molar-refractivity contribution in [2.45, 2.75) is 53.1 Å². The van der Waals surface area contributed by atoms with Gasteiger partial charge in [0, 0.05) is 0 Å². The van der Waals surface area contributed by atoms with Crippen LogP contribution in [0.1, 0.15) is 49.8 Å². The first-order valence-corrected chi connectivity index (χ1v) is 9.85. The third-order valence-electron chi connectivity index (χ3n) is 4.41. The van der Waals surface area contributed by atoms with Crippen molar-refractivity contribution in [3.8, 4) is 11.5 Å². The van der Waals surface area contributed by atoms with Gasteiger partial charge < -0.3 is 9.47 Å². The van der Waals surface area contributed by atoms with Crippen molar-refractivity contribution in [2.75, 3.05) is 6.61 Å². The van der Waals surface area contributed by atoms with E-state index in [1.165, 1.54) is 0 Å². The van der Waals surface area contributed by atoms with Gasteiger partial charge in [0.15, 0.2) is 12.7 Å². The number of aryl methyl sites for hydroxylation is 2. The molecule has 0 aliphatic rings. The summed E-state index contributed by atoms with van der Waals surface area (Å²) >= 11 is 0. The molecule has 2 aromatic rings. The maximum Gasteiger partial charge on any atom is 0.279 e. The van der Waals surface area contributed by atoms with Gasteiger partial charge in [-0.2, -0.15) is 0 Å². The molecule has 0 spiro atoms. The number of rotatable bonds is 8. The summed E-state index contributed by atoms with van der Waals surface area (Å²) in [6.45, 7) is 9.70. The third kappa shape index (κ3) is 6.82. The van der Waals surface area contributed by atoms with E-state index in [9.17, 15) is 9.59 Å². The number of hydrogen-bond acceptors (Lipinski definition) is 4. The fraction of sp³-hybridized carbons (Fsp3) is 0.391. The smallest absolute Gasteiger partial charge is 0.279 e. The first-order chi connectivity index (χ1) is 13.8. The lowest BCUT2D eigenvalue weighted by Crippen LogP contribution is -2.49. The minimum atomic E-state index is -0.706. The number of amides is 2. The van der Waals surface area contributed by atoms with E-state index in [1.54, 1.807) is 6.07 Å². The van der Waals surface area contributed by atoms with Crippen molar-refractivity contribution in [3.63, 3.8) is 0 Å². The zero-order chi connectivity index (χ0) is 21.4. The fourth-order valence-corrected chi connectivity index (χ4v) is 2.81. The average Bonchev–Trinajstić information content (AvgIpc) is 2.68. The SMILES string of the molecule is CCC(Oc1cccc(C)c1)C(=O)NNC(=O)COc1cc(C)ccc1C(C)C. The first-order valence-electron chi connectivity index (χ1n) is 9.85. The van der Waals surface area contributed by atoms with Crippen LogP contribution in [0.3, 0.4) is 0 Å². The topological polar surface area (TPSA) is 76.7 Å². The Bertz CT molecular complexity index is 849. The quantitative estimate of drug-likeness (QED) is 0.663. The largest absolute Gasteiger partial charge is 0.483 e. The van der Waals surface area contributed by atoms with Crippen LogP contribution in [0.25, 0.3) is 0 Å². The van der Waals surface area contributed by atoms with Crippen molar-refractivity contribution < 1.29 is 19.1 Å². The minimum Gasteiger partial charge on any atom is -0.483 e. The summed E-state index contributed by atoms with van der Waals surface area (Å²) in [6.07, 6.45) is -0.241. The molecule has 2 aromatic carbocycles. The molecule has 0 heterocycles. The van der Waals surface area contributed by atoms with Crippen molar-refractivity contribution in [1.82, 2.24) is 10.9 Å². The van der Waals surface area contributed by atoms with Gasteiger partial charge >= 0.3 is 0 Å². The summed E-state index contributed by atoms with van der Waals surface area (Å²) in [7, 11) is 0. The predicted molar refractivity (Wildman–Crippen MR) is 113 cm³/mol. The molecule has 2 rings (SSSR count). The van der Waals surface area contributed by atoms with Crippen LogP contribution in [-0.2, 0) is 9.59 Å². The number of carbonyl (C=O) groups is 2. The van der Waals surface area contributed by atoms with Crippen LogP contribution < -0.4 is 20.3 Å². The summed E-state index contributed by atoms with van der Waals surface area (Å²) in [4.78, 5) is 24.4. The van der Waals surface area contributed by atoms with Crippen LogP contribution >= 0.6 is 0 Å². The Kier molecular flexibility index (Phi) is 8.07. The van der Waals surface area contributed by atoms with E-state index >= 15 is 0 Å². The Balaban J connectivity index is 1.86. The maximum atomic E-state index is 12.3. The molecule has 2 amide bonds. The van der Waals surface area contributed by atoms with Gasteiger partial charge in [0.05, 0.1) is 0 Å². The Hall–Kier alpha value is -3.02. The molecule has 0 radical (unpaired) electrons. The molecule has 0 saturated heterocycles. The van der Waals surface area contributed by atoms with E-state index in [1.807, 2.05) is 57.2 Å². The third-order valence-corrected chi connectivity index (χ3v) is 4.41. The van der Waals surface area contributed by atoms with Crippen molar-refractivity contribution >= 4 is 11.8 Å². The van der Waals surface area contributed by atoms with Gasteiger partial charge in [-0.1, -0.05) is 45.0 Å². The van der Waals surface area contributed by atoms with E-state index in [-0.39, 0.29) is 12.5 Å². The van der Waals surface area contributed by atoms with Crippen LogP contribution in [0.5, 0.6) is 11.5 Å². The number of hydrogen-bond donors (Lipinski definition) is 2. The molecule has 6 heteroatoms. The van der Waals surface area contributed by atoms with Crippen LogP contribution in [0, 0.1) is 13.8 Å². The van der Waals surface area contributed by atoms with Gasteiger partial charge in [0.1, 0.15) is 11.5 Å². The van der Waals surface area contributed by atoms with Crippen LogP contribution in [-0.4, -0.2) is 24.5 Å². The molecular formula is C23H30N2O4. The molecular weight excluding hydrogens is 368 g/mol. The number of nitrogens with one attached hydrogen (secondary N) is 2. The van der Waals surface area contributed by atoms with Gasteiger partial charge in [-0.25, -0.2) is 0 Å². The lowest BCUT2D eigenvalue weighted by molar-refractivity contribution is -0.134. The molecule has 156 valence electrons. The number of carbonyl (C=O) groups excluding carboxylic acids is 2. The van der Waals surface area contributed by atoms with E-state index in [0.717, 1.165) is 16.7 Å². The van der Waals surface area contributed by atoms with Crippen LogP contribution in [0.2, 0.25) is 0 Å².